The van der Waals surface area contributed by atoms with E-state index in [0.29, 0.717) is 33.5 Å². The molecular weight excluding hydrogens is 306 g/mol. The molecule has 1 aromatic carbocycles. The first kappa shape index (κ1) is 15.4. The lowest BCUT2D eigenvalue weighted by molar-refractivity contribution is -0.115. The lowest BCUT2D eigenvalue weighted by Gasteiger charge is -2.06. The van der Waals surface area contributed by atoms with Crippen LogP contribution in [-0.2, 0) is 4.79 Å². The van der Waals surface area contributed by atoms with E-state index in [1.54, 1.807) is 42.6 Å². The van der Waals surface area contributed by atoms with E-state index in [0.717, 1.165) is 0 Å². The van der Waals surface area contributed by atoms with Crippen LogP contribution < -0.4 is 5.32 Å². The van der Waals surface area contributed by atoms with Gasteiger partial charge in [0.15, 0.2) is 0 Å². The van der Waals surface area contributed by atoms with E-state index >= 15 is 0 Å². The minimum absolute atomic E-state index is 0.141. The summed E-state index contributed by atoms with van der Waals surface area (Å²) in [4.78, 5) is 16.0. The van der Waals surface area contributed by atoms with E-state index in [2.05, 4.69) is 10.3 Å². The molecule has 1 N–H and O–H groups in total. The van der Waals surface area contributed by atoms with Crippen molar-refractivity contribution in [3.05, 3.63) is 53.2 Å². The van der Waals surface area contributed by atoms with Crippen LogP contribution in [-0.4, -0.2) is 16.6 Å². The van der Waals surface area contributed by atoms with Crippen LogP contribution in [0.1, 0.15) is 12.0 Å². The monoisotopic (exact) mass is 317 g/mol. The summed E-state index contributed by atoms with van der Waals surface area (Å²) < 4.78 is 0. The second-order valence-corrected chi connectivity index (χ2v) is 5.59. The number of aromatic nitrogens is 1. The first-order valence-corrected chi connectivity index (χ1v) is 7.59. The summed E-state index contributed by atoms with van der Waals surface area (Å²) in [6.07, 6.45) is 1.98. The SMILES string of the molecule is N#Cc1ccccc1NC(=O)CCSc1ncccc1Cl. The van der Waals surface area contributed by atoms with E-state index in [1.165, 1.54) is 11.8 Å². The predicted octanol–water partition coefficient (Wildman–Crippen LogP) is 3.73. The Kier molecular flexibility index (Phi) is 5.61. The zero-order valence-corrected chi connectivity index (χ0v) is 12.6. The van der Waals surface area contributed by atoms with Crippen molar-refractivity contribution in [3.8, 4) is 6.07 Å². The number of rotatable bonds is 5. The molecule has 0 aliphatic rings. The highest BCUT2D eigenvalue weighted by Crippen LogP contribution is 2.24. The molecule has 0 aliphatic heterocycles. The molecule has 106 valence electrons. The number of para-hydroxylation sites is 1. The summed E-state index contributed by atoms with van der Waals surface area (Å²) in [5.41, 5.74) is 0.983. The second kappa shape index (κ2) is 7.67. The minimum atomic E-state index is -0.141. The number of nitrogens with one attached hydrogen (secondary N) is 1. The first-order chi connectivity index (χ1) is 10.2. The molecule has 2 rings (SSSR count). The van der Waals surface area contributed by atoms with Gasteiger partial charge in [-0.2, -0.15) is 5.26 Å². The van der Waals surface area contributed by atoms with Gasteiger partial charge in [0.05, 0.1) is 16.3 Å². The van der Waals surface area contributed by atoms with Crippen molar-refractivity contribution in [1.29, 1.82) is 5.26 Å². The summed E-state index contributed by atoms with van der Waals surface area (Å²) in [5, 5.41) is 13.0. The summed E-state index contributed by atoms with van der Waals surface area (Å²) in [6, 6.07) is 12.5. The molecule has 0 aliphatic carbocycles. The third-order valence-electron chi connectivity index (χ3n) is 2.61. The van der Waals surface area contributed by atoms with Gasteiger partial charge >= 0.3 is 0 Å². The van der Waals surface area contributed by atoms with Crippen molar-refractivity contribution in [2.24, 2.45) is 0 Å². The van der Waals surface area contributed by atoms with Gasteiger partial charge in [-0.1, -0.05) is 23.7 Å². The molecular formula is C15H12ClN3OS. The Morgan fingerprint density at radius 3 is 2.90 bits per heavy atom. The number of halogens is 1. The van der Waals surface area contributed by atoms with Crippen molar-refractivity contribution in [1.82, 2.24) is 4.98 Å². The third kappa shape index (κ3) is 4.48. The molecule has 2 aromatic rings. The molecule has 0 unspecified atom stereocenters. The average Bonchev–Trinajstić information content (AvgIpc) is 2.50. The standard InChI is InChI=1S/C15H12ClN3OS/c16-12-5-3-8-18-15(12)21-9-7-14(20)19-13-6-2-1-4-11(13)10-17/h1-6,8H,7,9H2,(H,19,20). The molecule has 1 aromatic heterocycles. The van der Waals surface area contributed by atoms with Crippen LogP contribution in [0.15, 0.2) is 47.6 Å². The predicted molar refractivity (Wildman–Crippen MR) is 84.4 cm³/mol. The Hall–Kier alpha value is -2.03. The number of anilines is 1. The lowest BCUT2D eigenvalue weighted by atomic mass is 10.2. The molecule has 0 saturated carbocycles. The molecule has 0 atom stereocenters. The highest BCUT2D eigenvalue weighted by Gasteiger charge is 2.07. The molecule has 0 radical (unpaired) electrons. The van der Waals surface area contributed by atoms with Crippen molar-refractivity contribution < 1.29 is 4.79 Å². The van der Waals surface area contributed by atoms with Crippen molar-refractivity contribution >= 4 is 35.0 Å². The van der Waals surface area contributed by atoms with Gasteiger partial charge in [-0.15, -0.1) is 11.8 Å². The van der Waals surface area contributed by atoms with Crippen molar-refractivity contribution in [2.45, 2.75) is 11.4 Å². The maximum absolute atomic E-state index is 11.9. The van der Waals surface area contributed by atoms with Crippen molar-refractivity contribution in [3.63, 3.8) is 0 Å². The second-order valence-electron chi connectivity index (χ2n) is 4.09. The Morgan fingerprint density at radius 2 is 2.14 bits per heavy atom. The fraction of sp³-hybridized carbons (Fsp3) is 0.133. The van der Waals surface area contributed by atoms with Gasteiger partial charge in [0, 0.05) is 18.4 Å². The van der Waals surface area contributed by atoms with Crippen LogP contribution in [0.4, 0.5) is 5.69 Å². The molecule has 1 heterocycles. The van der Waals surface area contributed by atoms with Gasteiger partial charge in [0.2, 0.25) is 5.91 Å². The Morgan fingerprint density at radius 1 is 1.33 bits per heavy atom. The van der Waals surface area contributed by atoms with E-state index in [1.807, 2.05) is 6.07 Å². The van der Waals surface area contributed by atoms with Crippen molar-refractivity contribution in [2.75, 3.05) is 11.1 Å². The highest BCUT2D eigenvalue weighted by atomic mass is 35.5. The normalized spacial score (nSPS) is 9.90. The van der Waals surface area contributed by atoms with Crippen LogP contribution in [0.5, 0.6) is 0 Å². The Bertz CT molecular complexity index is 685. The number of nitriles is 1. The van der Waals surface area contributed by atoms with Gasteiger partial charge in [0.25, 0.3) is 0 Å². The number of carbonyl (C=O) groups excluding carboxylic acids is 1. The van der Waals surface area contributed by atoms with E-state index in [-0.39, 0.29) is 5.91 Å². The van der Waals surface area contributed by atoms with E-state index in [9.17, 15) is 4.79 Å². The zero-order chi connectivity index (χ0) is 15.1. The number of nitrogens with zero attached hydrogens (tertiary/aromatic N) is 2. The molecule has 6 heteroatoms. The largest absolute Gasteiger partial charge is 0.325 e. The van der Waals surface area contributed by atoms with Crippen LogP contribution in [0.25, 0.3) is 0 Å². The molecule has 4 nitrogen and oxygen atoms in total. The molecule has 0 saturated heterocycles. The van der Waals surface area contributed by atoms with Gasteiger partial charge in [-0.25, -0.2) is 4.98 Å². The maximum atomic E-state index is 11.9. The fourth-order valence-corrected chi connectivity index (χ4v) is 2.73. The summed E-state index contributed by atoms with van der Waals surface area (Å²) in [5.74, 6) is 0.425. The van der Waals surface area contributed by atoms with Crippen LogP contribution in [0, 0.1) is 11.3 Å². The van der Waals surface area contributed by atoms with Crippen LogP contribution >= 0.6 is 23.4 Å². The zero-order valence-electron chi connectivity index (χ0n) is 11.0. The fourth-order valence-electron chi connectivity index (χ4n) is 1.62. The maximum Gasteiger partial charge on any atom is 0.225 e. The average molecular weight is 318 g/mol. The summed E-state index contributed by atoms with van der Waals surface area (Å²) >= 11 is 7.42. The highest BCUT2D eigenvalue weighted by molar-refractivity contribution is 7.99. The quantitative estimate of drug-likeness (QED) is 0.853. The number of benzene rings is 1. The van der Waals surface area contributed by atoms with Gasteiger partial charge in [0.1, 0.15) is 11.1 Å². The Balaban J connectivity index is 1.86. The van der Waals surface area contributed by atoms with Gasteiger partial charge < -0.3 is 5.32 Å². The molecule has 0 bridgehead atoms. The molecule has 1 amide bonds. The molecule has 21 heavy (non-hydrogen) atoms. The van der Waals surface area contributed by atoms with E-state index in [4.69, 9.17) is 16.9 Å². The first-order valence-electron chi connectivity index (χ1n) is 6.23. The number of hydrogen-bond acceptors (Lipinski definition) is 4. The number of hydrogen-bond donors (Lipinski definition) is 1. The van der Waals surface area contributed by atoms with Crippen LogP contribution in [0.3, 0.4) is 0 Å². The summed E-state index contributed by atoms with van der Waals surface area (Å²) in [6.45, 7) is 0. The topological polar surface area (TPSA) is 65.8 Å². The number of thioether (sulfide) groups is 1. The Labute approximate surface area is 132 Å². The van der Waals surface area contributed by atoms with Gasteiger partial charge in [-0.05, 0) is 24.3 Å². The third-order valence-corrected chi connectivity index (χ3v) is 4.04. The number of pyridine rings is 1. The molecule has 0 fully saturated rings. The van der Waals surface area contributed by atoms with Crippen LogP contribution in [0.2, 0.25) is 5.02 Å². The number of amides is 1. The van der Waals surface area contributed by atoms with E-state index < -0.39 is 0 Å². The smallest absolute Gasteiger partial charge is 0.225 e. The summed E-state index contributed by atoms with van der Waals surface area (Å²) in [7, 11) is 0. The lowest BCUT2D eigenvalue weighted by Crippen LogP contribution is -2.13. The molecule has 0 spiro atoms. The number of carbonyl (C=O) groups is 1. The minimum Gasteiger partial charge on any atom is -0.325 e. The van der Waals surface area contributed by atoms with Gasteiger partial charge in [-0.3, -0.25) is 4.79 Å².